The smallest absolute Gasteiger partial charge is 0.282 e. The van der Waals surface area contributed by atoms with Gasteiger partial charge >= 0.3 is 0 Å². The molecule has 0 aliphatic carbocycles. The Morgan fingerprint density at radius 1 is 0.800 bits per heavy atom. The molecule has 2 heterocycles. The molecule has 7 nitrogen and oxygen atoms in total. The molecular formula is C23H24N2O5. The van der Waals surface area contributed by atoms with E-state index in [1.54, 1.807) is 38.5 Å². The highest BCUT2D eigenvalue weighted by Crippen LogP contribution is 2.42. The van der Waals surface area contributed by atoms with Gasteiger partial charge in [-0.25, -0.2) is 4.90 Å². The average molecular weight is 408 g/mol. The second kappa shape index (κ2) is 8.10. The lowest BCUT2D eigenvalue weighted by Crippen LogP contribution is -2.34. The maximum Gasteiger partial charge on any atom is 0.282 e. The largest absolute Gasteiger partial charge is 0.497 e. The van der Waals surface area contributed by atoms with Crippen molar-refractivity contribution in [3.8, 4) is 17.2 Å². The van der Waals surface area contributed by atoms with Crippen molar-refractivity contribution < 1.29 is 23.8 Å². The molecule has 0 saturated carbocycles. The van der Waals surface area contributed by atoms with Crippen molar-refractivity contribution in [2.75, 3.05) is 39.3 Å². The van der Waals surface area contributed by atoms with Crippen LogP contribution in [0.25, 0.3) is 5.57 Å². The Kier molecular flexibility index (Phi) is 5.35. The first-order valence-corrected chi connectivity index (χ1v) is 9.84. The second-order valence-electron chi connectivity index (χ2n) is 7.10. The van der Waals surface area contributed by atoms with Crippen molar-refractivity contribution >= 4 is 23.1 Å². The van der Waals surface area contributed by atoms with Crippen molar-refractivity contribution in [3.05, 3.63) is 53.7 Å². The summed E-state index contributed by atoms with van der Waals surface area (Å²) in [5.41, 5.74) is 1.77. The predicted molar refractivity (Wildman–Crippen MR) is 113 cm³/mol. The van der Waals surface area contributed by atoms with Crippen molar-refractivity contribution in [2.45, 2.75) is 12.8 Å². The van der Waals surface area contributed by atoms with E-state index in [9.17, 15) is 9.59 Å². The Morgan fingerprint density at radius 3 is 2.17 bits per heavy atom. The quantitative estimate of drug-likeness (QED) is 0.685. The summed E-state index contributed by atoms with van der Waals surface area (Å²) >= 11 is 0. The van der Waals surface area contributed by atoms with Gasteiger partial charge in [0.05, 0.1) is 32.6 Å². The van der Waals surface area contributed by atoms with Gasteiger partial charge in [0.2, 0.25) is 0 Å². The van der Waals surface area contributed by atoms with E-state index < -0.39 is 5.91 Å². The third-order valence-electron chi connectivity index (χ3n) is 5.49. The van der Waals surface area contributed by atoms with Crippen LogP contribution in [0.15, 0.2) is 48.2 Å². The number of amides is 2. The monoisotopic (exact) mass is 408 g/mol. The Labute approximate surface area is 175 Å². The number of benzene rings is 2. The Morgan fingerprint density at radius 2 is 1.50 bits per heavy atom. The van der Waals surface area contributed by atoms with Crippen LogP contribution in [-0.4, -0.2) is 51.1 Å². The number of carbonyl (C=O) groups excluding carboxylic acids is 2. The summed E-state index contributed by atoms with van der Waals surface area (Å²) in [7, 11) is 4.60. The Balaban J connectivity index is 1.87. The van der Waals surface area contributed by atoms with Gasteiger partial charge in [0.1, 0.15) is 22.9 Å². The molecule has 1 fully saturated rings. The summed E-state index contributed by atoms with van der Waals surface area (Å²) < 4.78 is 16.2. The fraction of sp³-hybridized carbons (Fsp3) is 0.304. The van der Waals surface area contributed by atoms with Gasteiger partial charge in [-0.15, -0.1) is 0 Å². The Hall–Kier alpha value is -3.48. The lowest BCUT2D eigenvalue weighted by atomic mass is 10.0. The zero-order valence-corrected chi connectivity index (χ0v) is 17.3. The van der Waals surface area contributed by atoms with Crippen molar-refractivity contribution in [3.63, 3.8) is 0 Å². The summed E-state index contributed by atoms with van der Waals surface area (Å²) in [6.07, 6.45) is 1.96. The van der Waals surface area contributed by atoms with Crippen LogP contribution in [0.4, 0.5) is 5.69 Å². The van der Waals surface area contributed by atoms with Crippen molar-refractivity contribution in [1.29, 1.82) is 0 Å². The summed E-state index contributed by atoms with van der Waals surface area (Å²) in [4.78, 5) is 30.4. The fourth-order valence-corrected chi connectivity index (χ4v) is 4.03. The molecule has 1 saturated heterocycles. The third kappa shape index (κ3) is 3.16. The molecule has 0 unspecified atom stereocenters. The summed E-state index contributed by atoms with van der Waals surface area (Å²) in [5.74, 6) is 0.764. The van der Waals surface area contributed by atoms with Gasteiger partial charge in [-0.2, -0.15) is 0 Å². The molecule has 2 amide bonds. The summed E-state index contributed by atoms with van der Waals surface area (Å²) in [6.45, 7) is 1.47. The van der Waals surface area contributed by atoms with E-state index in [2.05, 4.69) is 0 Å². The van der Waals surface area contributed by atoms with Crippen molar-refractivity contribution in [2.24, 2.45) is 0 Å². The second-order valence-corrected chi connectivity index (χ2v) is 7.10. The van der Waals surface area contributed by atoms with E-state index in [4.69, 9.17) is 14.2 Å². The van der Waals surface area contributed by atoms with Gasteiger partial charge in [-0.3, -0.25) is 9.59 Å². The van der Waals surface area contributed by atoms with Crippen LogP contribution in [0.5, 0.6) is 17.2 Å². The molecular weight excluding hydrogens is 384 g/mol. The van der Waals surface area contributed by atoms with Crippen LogP contribution in [0.1, 0.15) is 18.4 Å². The van der Waals surface area contributed by atoms with Gasteiger partial charge < -0.3 is 19.1 Å². The number of nitrogens with zero attached hydrogens (tertiary/aromatic N) is 2. The predicted octanol–water partition coefficient (Wildman–Crippen LogP) is 3.09. The number of para-hydroxylation sites is 1. The molecule has 0 aromatic heterocycles. The van der Waals surface area contributed by atoms with Gasteiger partial charge in [0, 0.05) is 24.7 Å². The number of hydrogen-bond acceptors (Lipinski definition) is 6. The topological polar surface area (TPSA) is 68.3 Å². The van der Waals surface area contributed by atoms with E-state index in [1.165, 1.54) is 12.0 Å². The Bertz CT molecular complexity index is 1020. The number of rotatable bonds is 6. The van der Waals surface area contributed by atoms with E-state index in [0.29, 0.717) is 39.8 Å². The zero-order valence-electron chi connectivity index (χ0n) is 17.3. The summed E-state index contributed by atoms with van der Waals surface area (Å²) in [5, 5.41) is 0. The molecule has 2 aliphatic heterocycles. The molecule has 0 bridgehead atoms. The van der Waals surface area contributed by atoms with Crippen LogP contribution in [0.2, 0.25) is 0 Å². The van der Waals surface area contributed by atoms with E-state index in [1.807, 2.05) is 23.1 Å². The molecule has 0 atom stereocenters. The first-order chi connectivity index (χ1) is 14.6. The number of anilines is 1. The molecule has 2 aromatic rings. The summed E-state index contributed by atoms with van der Waals surface area (Å²) in [6, 6.07) is 12.3. The normalized spacial score (nSPS) is 16.5. The molecule has 7 heteroatoms. The standard InChI is InChI=1S/C23H24N2O5/c1-28-15-10-11-17(19(14-15)30-3)25-22(26)20(16-8-4-5-9-18(16)29-2)21(23(25)27)24-12-6-7-13-24/h4-5,8-11,14H,6-7,12-13H2,1-3H3. The SMILES string of the molecule is COc1ccc(N2C(=O)C(c3ccccc3OC)=C(N3CCCC3)C2=O)c(OC)c1. The van der Waals surface area contributed by atoms with Crippen molar-refractivity contribution in [1.82, 2.24) is 4.90 Å². The lowest BCUT2D eigenvalue weighted by Gasteiger charge is -2.21. The number of methoxy groups -OCH3 is 3. The maximum atomic E-state index is 13.7. The van der Waals surface area contributed by atoms with Gasteiger partial charge in [0.25, 0.3) is 11.8 Å². The number of carbonyl (C=O) groups is 2. The first kappa shape index (κ1) is 19.8. The van der Waals surface area contributed by atoms with Crippen LogP contribution in [0.3, 0.4) is 0 Å². The third-order valence-corrected chi connectivity index (χ3v) is 5.49. The van der Waals surface area contributed by atoms with Gasteiger partial charge in [0.15, 0.2) is 0 Å². The van der Waals surface area contributed by atoms with Crippen LogP contribution < -0.4 is 19.1 Å². The first-order valence-electron chi connectivity index (χ1n) is 9.84. The molecule has 30 heavy (non-hydrogen) atoms. The highest BCUT2D eigenvalue weighted by atomic mass is 16.5. The van der Waals surface area contributed by atoms with Gasteiger partial charge in [-0.05, 0) is 31.0 Å². The van der Waals surface area contributed by atoms with E-state index in [-0.39, 0.29) is 5.91 Å². The molecule has 2 aromatic carbocycles. The number of ether oxygens (including phenoxy) is 3. The van der Waals surface area contributed by atoms with Gasteiger partial charge in [-0.1, -0.05) is 18.2 Å². The van der Waals surface area contributed by atoms with Crippen LogP contribution >= 0.6 is 0 Å². The highest BCUT2D eigenvalue weighted by Gasteiger charge is 2.44. The molecule has 0 N–H and O–H groups in total. The number of imide groups is 1. The van der Waals surface area contributed by atoms with Crippen LogP contribution in [0, 0.1) is 0 Å². The van der Waals surface area contributed by atoms with E-state index >= 15 is 0 Å². The average Bonchev–Trinajstić information content (AvgIpc) is 3.39. The van der Waals surface area contributed by atoms with Crippen LogP contribution in [-0.2, 0) is 9.59 Å². The fourth-order valence-electron chi connectivity index (χ4n) is 4.03. The molecule has 0 radical (unpaired) electrons. The molecule has 2 aliphatic rings. The minimum absolute atomic E-state index is 0.355. The molecule has 4 rings (SSSR count). The van der Waals surface area contributed by atoms with E-state index in [0.717, 1.165) is 25.9 Å². The lowest BCUT2D eigenvalue weighted by molar-refractivity contribution is -0.120. The minimum atomic E-state index is -0.394. The molecule has 156 valence electrons. The zero-order chi connectivity index (χ0) is 21.3. The minimum Gasteiger partial charge on any atom is -0.497 e. The number of hydrogen-bond donors (Lipinski definition) is 0. The maximum absolute atomic E-state index is 13.7. The molecule has 0 spiro atoms. The number of likely N-dealkylation sites (tertiary alicyclic amines) is 1. The highest BCUT2D eigenvalue weighted by molar-refractivity contribution is 6.46.